The molecule has 0 saturated heterocycles. The standard InChI is InChI=1S/C21H19N5O2/c1-13-19(20(27)25-16-8-9-17(23)15(11-16)12-22)18(26-21(28)24-13)10-7-14-5-3-2-4-6-14/h2-6,8-9,11-12,18,22H,23H2,1H3,(H,25,27)(H2,24,26,28). The molecule has 0 bridgehead atoms. The monoisotopic (exact) mass is 373 g/mol. The Morgan fingerprint density at radius 2 is 2.00 bits per heavy atom. The van der Waals surface area contributed by atoms with Gasteiger partial charge in [0.1, 0.15) is 6.04 Å². The number of carbonyl (C=O) groups excluding carboxylic acids is 2. The van der Waals surface area contributed by atoms with Crippen molar-refractivity contribution in [1.29, 1.82) is 5.41 Å². The fourth-order valence-electron chi connectivity index (χ4n) is 2.76. The summed E-state index contributed by atoms with van der Waals surface area (Å²) in [5.41, 5.74) is 8.74. The summed E-state index contributed by atoms with van der Waals surface area (Å²) in [7, 11) is 0. The number of amides is 3. The molecule has 0 fully saturated rings. The second-order valence-electron chi connectivity index (χ2n) is 6.15. The topological polar surface area (TPSA) is 120 Å². The van der Waals surface area contributed by atoms with Crippen molar-refractivity contribution in [2.75, 3.05) is 11.1 Å². The molecular weight excluding hydrogens is 354 g/mol. The van der Waals surface area contributed by atoms with Crippen LogP contribution in [0.1, 0.15) is 18.1 Å². The van der Waals surface area contributed by atoms with E-state index in [-0.39, 0.29) is 0 Å². The third-order valence-electron chi connectivity index (χ3n) is 4.15. The van der Waals surface area contributed by atoms with Crippen molar-refractivity contribution in [2.24, 2.45) is 0 Å². The molecule has 2 aromatic carbocycles. The van der Waals surface area contributed by atoms with Crippen molar-refractivity contribution in [3.63, 3.8) is 0 Å². The van der Waals surface area contributed by atoms with Crippen LogP contribution in [0.3, 0.4) is 0 Å². The average Bonchev–Trinajstić information content (AvgIpc) is 2.68. The molecule has 1 atom stereocenters. The lowest BCUT2D eigenvalue weighted by Crippen LogP contribution is -2.50. The van der Waals surface area contributed by atoms with Crippen molar-refractivity contribution in [1.82, 2.24) is 10.6 Å². The van der Waals surface area contributed by atoms with E-state index in [1.165, 1.54) is 0 Å². The number of benzene rings is 2. The van der Waals surface area contributed by atoms with Gasteiger partial charge in [0.15, 0.2) is 0 Å². The first-order valence-corrected chi connectivity index (χ1v) is 8.54. The molecular formula is C21H19N5O2. The van der Waals surface area contributed by atoms with Crippen molar-refractivity contribution in [2.45, 2.75) is 13.0 Å². The molecule has 3 amide bonds. The predicted molar refractivity (Wildman–Crippen MR) is 109 cm³/mol. The highest BCUT2D eigenvalue weighted by molar-refractivity contribution is 6.07. The molecule has 7 heteroatoms. The first kappa shape index (κ1) is 18.7. The summed E-state index contributed by atoms with van der Waals surface area (Å²) < 4.78 is 0. The highest BCUT2D eigenvalue weighted by atomic mass is 16.2. The molecule has 0 aliphatic carbocycles. The van der Waals surface area contributed by atoms with Gasteiger partial charge in [-0.25, -0.2) is 4.79 Å². The van der Waals surface area contributed by atoms with E-state index in [9.17, 15) is 9.59 Å². The molecule has 1 aliphatic rings. The molecule has 1 aliphatic heterocycles. The van der Waals surface area contributed by atoms with Gasteiger partial charge in [-0.05, 0) is 37.3 Å². The Bertz CT molecular complexity index is 1030. The van der Waals surface area contributed by atoms with E-state index in [2.05, 4.69) is 27.8 Å². The Hall–Kier alpha value is -4.05. The summed E-state index contributed by atoms with van der Waals surface area (Å²) in [6.45, 7) is 1.65. The number of anilines is 2. The van der Waals surface area contributed by atoms with E-state index in [0.717, 1.165) is 11.8 Å². The molecule has 140 valence electrons. The van der Waals surface area contributed by atoms with E-state index < -0.39 is 18.0 Å². The number of rotatable bonds is 3. The third-order valence-corrected chi connectivity index (χ3v) is 4.15. The molecule has 0 spiro atoms. The Morgan fingerprint density at radius 1 is 1.25 bits per heavy atom. The lowest BCUT2D eigenvalue weighted by Gasteiger charge is -2.25. The molecule has 6 N–H and O–H groups in total. The molecule has 0 saturated carbocycles. The maximum Gasteiger partial charge on any atom is 0.320 e. The summed E-state index contributed by atoms with van der Waals surface area (Å²) in [6, 6.07) is 13.0. The minimum Gasteiger partial charge on any atom is -0.398 e. The van der Waals surface area contributed by atoms with E-state index in [4.69, 9.17) is 11.1 Å². The largest absolute Gasteiger partial charge is 0.398 e. The number of allylic oxidation sites excluding steroid dienone is 1. The van der Waals surface area contributed by atoms with E-state index in [1.807, 2.05) is 30.3 Å². The number of nitrogen functional groups attached to an aromatic ring is 1. The van der Waals surface area contributed by atoms with Crippen molar-refractivity contribution in [3.05, 3.63) is 70.9 Å². The summed E-state index contributed by atoms with van der Waals surface area (Å²) >= 11 is 0. The van der Waals surface area contributed by atoms with Crippen LogP contribution in [0.4, 0.5) is 16.2 Å². The summed E-state index contributed by atoms with van der Waals surface area (Å²) in [4.78, 5) is 24.7. The fraction of sp³-hybridized carbons (Fsp3) is 0.0952. The second-order valence-corrected chi connectivity index (χ2v) is 6.15. The van der Waals surface area contributed by atoms with Gasteiger partial charge in [0.25, 0.3) is 5.91 Å². The zero-order chi connectivity index (χ0) is 20.1. The van der Waals surface area contributed by atoms with E-state index in [0.29, 0.717) is 28.2 Å². The van der Waals surface area contributed by atoms with Gasteiger partial charge < -0.3 is 27.1 Å². The number of hydrogen-bond acceptors (Lipinski definition) is 4. The van der Waals surface area contributed by atoms with Gasteiger partial charge in [0.2, 0.25) is 0 Å². The molecule has 28 heavy (non-hydrogen) atoms. The zero-order valence-corrected chi connectivity index (χ0v) is 15.2. The molecule has 2 aromatic rings. The molecule has 7 nitrogen and oxygen atoms in total. The maximum absolute atomic E-state index is 12.9. The van der Waals surface area contributed by atoms with Crippen LogP contribution in [-0.4, -0.2) is 24.2 Å². The Labute approximate surface area is 162 Å². The molecule has 0 aromatic heterocycles. The van der Waals surface area contributed by atoms with Gasteiger partial charge in [0.05, 0.1) is 5.57 Å². The van der Waals surface area contributed by atoms with Crippen LogP contribution in [0, 0.1) is 17.3 Å². The lowest BCUT2D eigenvalue weighted by molar-refractivity contribution is -0.113. The zero-order valence-electron chi connectivity index (χ0n) is 15.2. The minimum atomic E-state index is -0.759. The number of urea groups is 1. The number of hydrogen-bond donors (Lipinski definition) is 5. The van der Waals surface area contributed by atoms with Crippen LogP contribution in [0.5, 0.6) is 0 Å². The molecule has 0 radical (unpaired) electrons. The van der Waals surface area contributed by atoms with E-state index >= 15 is 0 Å². The normalized spacial score (nSPS) is 15.6. The summed E-state index contributed by atoms with van der Waals surface area (Å²) in [6.07, 6.45) is 1.12. The van der Waals surface area contributed by atoms with Gasteiger partial charge in [-0.15, -0.1) is 0 Å². The first-order chi connectivity index (χ1) is 13.5. The number of nitrogens with one attached hydrogen (secondary N) is 4. The Kier molecular flexibility index (Phi) is 5.42. The molecule has 1 heterocycles. The van der Waals surface area contributed by atoms with Gasteiger partial charge in [-0.3, -0.25) is 4.79 Å². The van der Waals surface area contributed by atoms with Crippen LogP contribution in [0.2, 0.25) is 0 Å². The maximum atomic E-state index is 12.9. The van der Waals surface area contributed by atoms with Crippen molar-refractivity contribution >= 4 is 29.5 Å². The quantitative estimate of drug-likeness (QED) is 0.322. The minimum absolute atomic E-state index is 0.316. The number of nitrogens with two attached hydrogens (primary N) is 1. The number of carbonyl (C=O) groups is 2. The molecule has 3 rings (SSSR count). The summed E-state index contributed by atoms with van der Waals surface area (Å²) in [5, 5.41) is 15.4. The Morgan fingerprint density at radius 3 is 2.71 bits per heavy atom. The van der Waals surface area contributed by atoms with Crippen LogP contribution in [0.25, 0.3) is 0 Å². The second kappa shape index (κ2) is 8.10. The summed E-state index contributed by atoms with van der Waals surface area (Å²) in [5.74, 6) is 5.52. The smallest absolute Gasteiger partial charge is 0.320 e. The SMILES string of the molecule is CC1=C(C(=O)Nc2ccc(N)c(C=N)c2)C(C#Cc2ccccc2)NC(=O)N1. The van der Waals surface area contributed by atoms with Crippen molar-refractivity contribution in [3.8, 4) is 11.8 Å². The highest BCUT2D eigenvalue weighted by Crippen LogP contribution is 2.19. The highest BCUT2D eigenvalue weighted by Gasteiger charge is 2.28. The average molecular weight is 373 g/mol. The van der Waals surface area contributed by atoms with Crippen LogP contribution in [0.15, 0.2) is 59.8 Å². The predicted octanol–water partition coefficient (Wildman–Crippen LogP) is 2.21. The molecule has 1 unspecified atom stereocenters. The van der Waals surface area contributed by atoms with Crippen LogP contribution >= 0.6 is 0 Å². The van der Waals surface area contributed by atoms with Gasteiger partial charge >= 0.3 is 6.03 Å². The van der Waals surface area contributed by atoms with Crippen molar-refractivity contribution < 1.29 is 9.59 Å². The van der Waals surface area contributed by atoms with Gasteiger partial charge in [-0.2, -0.15) is 0 Å². The fourth-order valence-corrected chi connectivity index (χ4v) is 2.76. The van der Waals surface area contributed by atoms with Gasteiger partial charge in [-0.1, -0.05) is 30.0 Å². The lowest BCUT2D eigenvalue weighted by atomic mass is 10.0. The Balaban J connectivity index is 1.89. The third kappa shape index (κ3) is 4.19. The first-order valence-electron chi connectivity index (χ1n) is 8.54. The van der Waals surface area contributed by atoms with Crippen LogP contribution < -0.4 is 21.7 Å². The van der Waals surface area contributed by atoms with E-state index in [1.54, 1.807) is 25.1 Å². The van der Waals surface area contributed by atoms with Crippen LogP contribution in [-0.2, 0) is 4.79 Å². The van der Waals surface area contributed by atoms with Gasteiger partial charge in [0, 0.05) is 34.4 Å².